The van der Waals surface area contributed by atoms with Crippen molar-refractivity contribution in [2.24, 2.45) is 0 Å². The summed E-state index contributed by atoms with van der Waals surface area (Å²) >= 11 is 4.71. The third-order valence-electron chi connectivity index (χ3n) is 3.35. The highest BCUT2D eigenvalue weighted by Crippen LogP contribution is 2.32. The van der Waals surface area contributed by atoms with Crippen LogP contribution in [0.15, 0.2) is 51.7 Å². The number of nitrogens with one attached hydrogen (secondary N) is 1. The summed E-state index contributed by atoms with van der Waals surface area (Å²) in [5, 5.41) is 2.91. The van der Waals surface area contributed by atoms with E-state index in [4.69, 9.17) is 4.74 Å². The van der Waals surface area contributed by atoms with Crippen molar-refractivity contribution in [1.29, 1.82) is 0 Å². The molecule has 0 saturated carbocycles. The first-order valence-electron chi connectivity index (χ1n) is 7.78. The predicted molar refractivity (Wildman–Crippen MR) is 108 cm³/mol. The van der Waals surface area contributed by atoms with Gasteiger partial charge in [0.05, 0.1) is 22.6 Å². The van der Waals surface area contributed by atoms with Gasteiger partial charge in [0.2, 0.25) is 5.91 Å². The maximum Gasteiger partial charge on any atom is 0.234 e. The zero-order valence-electron chi connectivity index (χ0n) is 13.9. The number of hydrogen-bond donors (Lipinski definition) is 1. The molecule has 0 bridgehead atoms. The maximum atomic E-state index is 12.1. The van der Waals surface area contributed by atoms with Crippen LogP contribution < -0.4 is 10.1 Å². The number of aromatic nitrogens is 1. The molecule has 0 aliphatic carbocycles. The molecule has 0 spiro atoms. The van der Waals surface area contributed by atoms with E-state index >= 15 is 0 Å². The second kappa shape index (κ2) is 8.60. The van der Waals surface area contributed by atoms with E-state index in [0.717, 1.165) is 26.0 Å². The Labute approximate surface area is 159 Å². The largest absolute Gasteiger partial charge is 0.494 e. The van der Waals surface area contributed by atoms with E-state index in [-0.39, 0.29) is 5.91 Å². The summed E-state index contributed by atoms with van der Waals surface area (Å²) in [6, 6.07) is 13.7. The maximum absolute atomic E-state index is 12.1. The van der Waals surface area contributed by atoms with Crippen LogP contribution in [0.4, 0.5) is 5.69 Å². The molecule has 1 aromatic heterocycles. The molecule has 0 aliphatic rings. The van der Waals surface area contributed by atoms with Crippen molar-refractivity contribution >= 4 is 56.7 Å². The Hall–Kier alpha value is -1.70. The highest BCUT2D eigenvalue weighted by Gasteiger charge is 2.09. The minimum Gasteiger partial charge on any atom is -0.494 e. The molecule has 1 heterocycles. The summed E-state index contributed by atoms with van der Waals surface area (Å²) < 4.78 is 7.47. The summed E-state index contributed by atoms with van der Waals surface area (Å²) in [6.45, 7) is 2.61. The van der Waals surface area contributed by atoms with Gasteiger partial charge in [-0.3, -0.25) is 4.79 Å². The molecular formula is C18H18N2O2S3. The molecule has 0 radical (unpaired) electrons. The number of benzene rings is 2. The van der Waals surface area contributed by atoms with Gasteiger partial charge in [-0.25, -0.2) is 4.98 Å². The van der Waals surface area contributed by atoms with Crippen LogP contribution in [0.5, 0.6) is 5.75 Å². The third kappa shape index (κ3) is 4.90. The number of amides is 1. The molecule has 0 aliphatic heterocycles. The number of carbonyl (C=O) groups excluding carboxylic acids is 1. The predicted octanol–water partition coefficient (Wildman–Crippen LogP) is 5.15. The van der Waals surface area contributed by atoms with Crippen LogP contribution in [-0.2, 0) is 4.79 Å². The number of hydrogen-bond acceptors (Lipinski definition) is 6. The van der Waals surface area contributed by atoms with E-state index in [1.165, 1.54) is 16.7 Å². The SMILES string of the molecule is CCOc1ccc2nc(SCC(=O)Nc3ccc(SC)cc3)sc2c1. The number of thiazole rings is 1. The highest BCUT2D eigenvalue weighted by atomic mass is 32.2. The van der Waals surface area contributed by atoms with E-state index < -0.39 is 0 Å². The van der Waals surface area contributed by atoms with Crippen molar-refractivity contribution in [2.45, 2.75) is 16.2 Å². The van der Waals surface area contributed by atoms with Gasteiger partial charge in [0.25, 0.3) is 0 Å². The molecule has 2 aromatic carbocycles. The van der Waals surface area contributed by atoms with Gasteiger partial charge in [-0.2, -0.15) is 0 Å². The first-order valence-corrected chi connectivity index (χ1v) is 10.8. The average molecular weight is 391 g/mol. The van der Waals surface area contributed by atoms with Crippen LogP contribution in [0, 0.1) is 0 Å². The first-order chi connectivity index (χ1) is 12.2. The fourth-order valence-electron chi connectivity index (χ4n) is 2.20. The summed E-state index contributed by atoms with van der Waals surface area (Å²) in [7, 11) is 0. The molecule has 1 N–H and O–H groups in total. The monoisotopic (exact) mass is 390 g/mol. The molecule has 0 unspecified atom stereocenters. The van der Waals surface area contributed by atoms with Gasteiger partial charge in [0.1, 0.15) is 5.75 Å². The molecule has 3 aromatic rings. The number of rotatable bonds is 7. The highest BCUT2D eigenvalue weighted by molar-refractivity contribution is 8.01. The standard InChI is InChI=1S/C18H18N2O2S3/c1-3-22-13-6-9-15-16(10-13)25-18(20-15)24-11-17(21)19-12-4-7-14(23-2)8-5-12/h4-10H,3,11H2,1-2H3,(H,19,21). The van der Waals surface area contributed by atoms with Crippen LogP contribution in [0.3, 0.4) is 0 Å². The van der Waals surface area contributed by atoms with Crippen LogP contribution >= 0.6 is 34.9 Å². The molecule has 4 nitrogen and oxygen atoms in total. The van der Waals surface area contributed by atoms with Gasteiger partial charge in [-0.15, -0.1) is 23.1 Å². The fourth-order valence-corrected chi connectivity index (χ4v) is 4.51. The van der Waals surface area contributed by atoms with Gasteiger partial charge in [-0.05, 0) is 55.6 Å². The van der Waals surface area contributed by atoms with Crippen molar-refractivity contribution in [3.05, 3.63) is 42.5 Å². The quantitative estimate of drug-likeness (QED) is 0.566. The Morgan fingerprint density at radius 3 is 2.76 bits per heavy atom. The van der Waals surface area contributed by atoms with Crippen molar-refractivity contribution < 1.29 is 9.53 Å². The molecule has 25 heavy (non-hydrogen) atoms. The summed E-state index contributed by atoms with van der Waals surface area (Å²) in [6.07, 6.45) is 2.03. The lowest BCUT2D eigenvalue weighted by molar-refractivity contribution is -0.113. The number of fused-ring (bicyclic) bond motifs is 1. The summed E-state index contributed by atoms with van der Waals surface area (Å²) in [4.78, 5) is 17.8. The molecule has 130 valence electrons. The lowest BCUT2D eigenvalue weighted by atomic mass is 10.3. The van der Waals surface area contributed by atoms with E-state index in [1.807, 2.05) is 55.6 Å². The normalized spacial score (nSPS) is 10.8. The lowest BCUT2D eigenvalue weighted by Gasteiger charge is -2.04. The zero-order valence-corrected chi connectivity index (χ0v) is 16.4. The fraction of sp³-hybridized carbons (Fsp3) is 0.222. The number of nitrogens with zero attached hydrogens (tertiary/aromatic N) is 1. The Morgan fingerprint density at radius 2 is 2.04 bits per heavy atom. The third-order valence-corrected chi connectivity index (χ3v) is 6.26. The molecule has 7 heteroatoms. The van der Waals surface area contributed by atoms with Gasteiger partial charge >= 0.3 is 0 Å². The molecule has 3 rings (SSSR count). The summed E-state index contributed by atoms with van der Waals surface area (Å²) in [5.41, 5.74) is 1.75. The second-order valence-electron chi connectivity index (χ2n) is 5.11. The van der Waals surface area contributed by atoms with Crippen LogP contribution in [0.1, 0.15) is 6.92 Å². The molecular weight excluding hydrogens is 372 g/mol. The molecule has 0 saturated heterocycles. The second-order valence-corrected chi connectivity index (χ2v) is 8.24. The van der Waals surface area contributed by atoms with Gasteiger partial charge in [-0.1, -0.05) is 11.8 Å². The Kier molecular flexibility index (Phi) is 6.23. The van der Waals surface area contributed by atoms with E-state index in [1.54, 1.807) is 23.1 Å². The van der Waals surface area contributed by atoms with Gasteiger partial charge in [0.15, 0.2) is 4.34 Å². The van der Waals surface area contributed by atoms with Crippen molar-refractivity contribution in [3.8, 4) is 5.75 Å². The topological polar surface area (TPSA) is 51.2 Å². The van der Waals surface area contributed by atoms with Crippen LogP contribution in [-0.4, -0.2) is 29.5 Å². The molecule has 0 atom stereocenters. The number of thioether (sulfide) groups is 2. The Bertz CT molecular complexity index is 862. The first kappa shape index (κ1) is 18.1. The van der Waals surface area contributed by atoms with E-state index in [9.17, 15) is 4.79 Å². The van der Waals surface area contributed by atoms with Crippen LogP contribution in [0.2, 0.25) is 0 Å². The molecule has 0 fully saturated rings. The smallest absolute Gasteiger partial charge is 0.234 e. The van der Waals surface area contributed by atoms with E-state index in [2.05, 4.69) is 10.3 Å². The van der Waals surface area contributed by atoms with Gasteiger partial charge < -0.3 is 10.1 Å². The van der Waals surface area contributed by atoms with Crippen LogP contribution in [0.25, 0.3) is 10.2 Å². The van der Waals surface area contributed by atoms with Crippen molar-refractivity contribution in [2.75, 3.05) is 23.9 Å². The lowest BCUT2D eigenvalue weighted by Crippen LogP contribution is -2.13. The number of anilines is 1. The zero-order chi connectivity index (χ0) is 17.6. The number of carbonyl (C=O) groups is 1. The molecule has 1 amide bonds. The van der Waals surface area contributed by atoms with Crippen molar-refractivity contribution in [3.63, 3.8) is 0 Å². The Morgan fingerprint density at radius 1 is 1.24 bits per heavy atom. The minimum absolute atomic E-state index is 0.0313. The average Bonchev–Trinajstić information content (AvgIpc) is 3.03. The minimum atomic E-state index is -0.0313. The Balaban J connectivity index is 1.58. The number of ether oxygens (including phenoxy) is 1. The van der Waals surface area contributed by atoms with Crippen molar-refractivity contribution in [1.82, 2.24) is 4.98 Å². The van der Waals surface area contributed by atoms with Gasteiger partial charge in [0, 0.05) is 10.6 Å². The van der Waals surface area contributed by atoms with E-state index in [0.29, 0.717) is 12.4 Å². The summed E-state index contributed by atoms with van der Waals surface area (Å²) in [5.74, 6) is 1.15.